The first-order valence-electron chi connectivity index (χ1n) is 9.04. The summed E-state index contributed by atoms with van der Waals surface area (Å²) in [7, 11) is 0. The van der Waals surface area contributed by atoms with Gasteiger partial charge in [0.15, 0.2) is 6.04 Å². The molecule has 0 fully saturated rings. The Balaban J connectivity index is 2.72. The molecule has 0 bridgehead atoms. The summed E-state index contributed by atoms with van der Waals surface area (Å²) in [4.78, 5) is 48.2. The minimum absolute atomic E-state index is 0.0485. The van der Waals surface area contributed by atoms with Gasteiger partial charge in [0.25, 0.3) is 5.91 Å². The smallest absolute Gasteiger partial charge is 0.328 e. The summed E-state index contributed by atoms with van der Waals surface area (Å²) in [6, 6.07) is 6.30. The van der Waals surface area contributed by atoms with Crippen LogP contribution >= 0.6 is 0 Å². The third-order valence-corrected chi connectivity index (χ3v) is 3.69. The summed E-state index contributed by atoms with van der Waals surface area (Å²) < 4.78 is 9.99. The molecule has 2 amide bonds. The highest BCUT2D eigenvalue weighted by Gasteiger charge is 2.29. The predicted octanol–water partition coefficient (Wildman–Crippen LogP) is -0.697. The van der Waals surface area contributed by atoms with Crippen molar-refractivity contribution in [2.24, 2.45) is 0 Å². The van der Waals surface area contributed by atoms with Crippen LogP contribution in [0.4, 0.5) is 0 Å². The molecule has 154 valence electrons. The first-order valence-corrected chi connectivity index (χ1v) is 9.04. The largest absolute Gasteiger partial charge is 0.464 e. The molecular formula is C19H28N3O6+. The number of rotatable bonds is 10. The first-order chi connectivity index (χ1) is 13.2. The van der Waals surface area contributed by atoms with Crippen LogP contribution in [0, 0.1) is 0 Å². The van der Waals surface area contributed by atoms with Gasteiger partial charge in [-0.05, 0) is 26.3 Å². The average Bonchev–Trinajstić information content (AvgIpc) is 2.66. The third kappa shape index (κ3) is 8.17. The second-order valence-electron chi connectivity index (χ2n) is 6.29. The van der Waals surface area contributed by atoms with E-state index in [9.17, 15) is 19.2 Å². The fourth-order valence-corrected chi connectivity index (χ4v) is 2.13. The standard InChI is InChI=1S/C19H27N3O6/c1-4-27-19(26)13(3)21-18(25)15(22-17(24)12(2)20)10-16(23)28-11-14-8-6-5-7-9-14/h5-9,12-13,15H,4,10-11,20H2,1-3H3,(H,21,25)(H,22,24)/p+1/t12-,13+,15+/m1/s1. The molecule has 0 saturated carbocycles. The molecular weight excluding hydrogens is 366 g/mol. The van der Waals surface area contributed by atoms with Gasteiger partial charge in [0.1, 0.15) is 18.7 Å². The molecule has 1 rings (SSSR count). The SMILES string of the molecule is CCOC(=O)[C@H](C)NC(=O)[C@H](CC(=O)OCc1ccccc1)NC(=O)[C@@H](C)[NH3+]. The van der Waals surface area contributed by atoms with Crippen molar-refractivity contribution in [2.45, 2.75) is 51.9 Å². The number of carbonyl (C=O) groups excluding carboxylic acids is 4. The Hall–Kier alpha value is -2.94. The van der Waals surface area contributed by atoms with E-state index in [1.165, 1.54) is 6.92 Å². The van der Waals surface area contributed by atoms with Crippen molar-refractivity contribution in [2.75, 3.05) is 6.61 Å². The maximum absolute atomic E-state index is 12.5. The summed E-state index contributed by atoms with van der Waals surface area (Å²) in [6.07, 6.45) is -0.382. The maximum Gasteiger partial charge on any atom is 0.328 e. The predicted molar refractivity (Wildman–Crippen MR) is 99.4 cm³/mol. The quantitative estimate of drug-likeness (QED) is 0.449. The first kappa shape index (κ1) is 23.1. The van der Waals surface area contributed by atoms with Gasteiger partial charge in [-0.15, -0.1) is 0 Å². The molecule has 1 aromatic carbocycles. The molecule has 3 atom stereocenters. The molecule has 0 saturated heterocycles. The summed E-state index contributed by atoms with van der Waals surface area (Å²) in [5.74, 6) is -2.46. The van der Waals surface area contributed by atoms with Gasteiger partial charge in [-0.3, -0.25) is 14.4 Å². The Bertz CT molecular complexity index is 678. The van der Waals surface area contributed by atoms with Gasteiger partial charge < -0.3 is 25.8 Å². The third-order valence-electron chi connectivity index (χ3n) is 3.69. The fraction of sp³-hybridized carbons (Fsp3) is 0.474. The maximum atomic E-state index is 12.5. The molecule has 0 spiro atoms. The van der Waals surface area contributed by atoms with Crippen molar-refractivity contribution in [3.63, 3.8) is 0 Å². The number of ether oxygens (including phenoxy) is 2. The van der Waals surface area contributed by atoms with Crippen molar-refractivity contribution >= 4 is 23.8 Å². The fourth-order valence-electron chi connectivity index (χ4n) is 2.13. The van der Waals surface area contributed by atoms with Gasteiger partial charge in [-0.2, -0.15) is 0 Å². The van der Waals surface area contributed by atoms with E-state index in [4.69, 9.17) is 9.47 Å². The lowest BCUT2D eigenvalue weighted by molar-refractivity contribution is -0.398. The van der Waals surface area contributed by atoms with Crippen LogP contribution in [0.1, 0.15) is 32.8 Å². The number of carbonyl (C=O) groups is 4. The molecule has 0 aliphatic heterocycles. The lowest BCUT2D eigenvalue weighted by Crippen LogP contribution is -2.67. The van der Waals surface area contributed by atoms with E-state index in [1.54, 1.807) is 26.0 Å². The van der Waals surface area contributed by atoms with Crippen molar-refractivity contribution in [1.29, 1.82) is 0 Å². The highest BCUT2D eigenvalue weighted by Crippen LogP contribution is 2.04. The van der Waals surface area contributed by atoms with Crippen LogP contribution < -0.4 is 16.4 Å². The summed E-state index contributed by atoms with van der Waals surface area (Å²) in [5.41, 5.74) is 4.38. The number of hydrogen-bond donors (Lipinski definition) is 3. The normalized spacial score (nSPS) is 13.6. The molecule has 9 nitrogen and oxygen atoms in total. The summed E-state index contributed by atoms with van der Waals surface area (Å²) in [5, 5.41) is 4.89. The molecule has 0 aliphatic carbocycles. The number of benzene rings is 1. The summed E-state index contributed by atoms with van der Waals surface area (Å²) in [6.45, 7) is 4.87. The van der Waals surface area contributed by atoms with Crippen molar-refractivity contribution in [1.82, 2.24) is 10.6 Å². The number of amides is 2. The highest BCUT2D eigenvalue weighted by molar-refractivity contribution is 5.93. The van der Waals surface area contributed by atoms with E-state index in [1.807, 2.05) is 18.2 Å². The molecule has 28 heavy (non-hydrogen) atoms. The van der Waals surface area contributed by atoms with Crippen LogP contribution in [0.15, 0.2) is 30.3 Å². The van der Waals surface area contributed by atoms with E-state index < -0.39 is 41.9 Å². The van der Waals surface area contributed by atoms with Crippen LogP contribution in [-0.2, 0) is 35.3 Å². The van der Waals surface area contributed by atoms with E-state index in [0.29, 0.717) is 0 Å². The number of quaternary nitrogens is 1. The van der Waals surface area contributed by atoms with Gasteiger partial charge in [-0.25, -0.2) is 4.79 Å². The van der Waals surface area contributed by atoms with Crippen LogP contribution in [-0.4, -0.2) is 48.5 Å². The van der Waals surface area contributed by atoms with Gasteiger partial charge in [-0.1, -0.05) is 30.3 Å². The Kier molecular flexibility index (Phi) is 9.66. The van der Waals surface area contributed by atoms with Gasteiger partial charge >= 0.3 is 11.9 Å². The van der Waals surface area contributed by atoms with E-state index >= 15 is 0 Å². The van der Waals surface area contributed by atoms with Crippen LogP contribution in [0.5, 0.6) is 0 Å². The molecule has 0 aromatic heterocycles. The number of hydrogen-bond acceptors (Lipinski definition) is 6. The van der Waals surface area contributed by atoms with Gasteiger partial charge in [0, 0.05) is 0 Å². The van der Waals surface area contributed by atoms with E-state index in [-0.39, 0.29) is 19.6 Å². The van der Waals surface area contributed by atoms with E-state index in [2.05, 4.69) is 16.4 Å². The minimum atomic E-state index is -1.20. The van der Waals surface area contributed by atoms with Crippen LogP contribution in [0.25, 0.3) is 0 Å². The minimum Gasteiger partial charge on any atom is -0.464 e. The Morgan fingerprint density at radius 2 is 1.64 bits per heavy atom. The molecule has 0 radical (unpaired) electrons. The monoisotopic (exact) mass is 394 g/mol. The van der Waals surface area contributed by atoms with Gasteiger partial charge in [0.05, 0.1) is 13.0 Å². The zero-order chi connectivity index (χ0) is 21.1. The van der Waals surface area contributed by atoms with Crippen LogP contribution in [0.2, 0.25) is 0 Å². The van der Waals surface area contributed by atoms with Gasteiger partial charge in [0.2, 0.25) is 5.91 Å². The Morgan fingerprint density at radius 3 is 2.21 bits per heavy atom. The molecule has 1 aromatic rings. The molecule has 0 heterocycles. The molecule has 9 heteroatoms. The zero-order valence-electron chi connectivity index (χ0n) is 16.4. The Morgan fingerprint density at radius 1 is 1.00 bits per heavy atom. The summed E-state index contributed by atoms with van der Waals surface area (Å²) >= 11 is 0. The Labute approximate surface area is 163 Å². The van der Waals surface area contributed by atoms with Crippen molar-refractivity contribution in [3.8, 4) is 0 Å². The number of nitrogens with one attached hydrogen (secondary N) is 2. The second-order valence-corrected chi connectivity index (χ2v) is 6.29. The van der Waals surface area contributed by atoms with Crippen molar-refractivity contribution in [3.05, 3.63) is 35.9 Å². The van der Waals surface area contributed by atoms with Crippen molar-refractivity contribution < 1.29 is 34.4 Å². The molecule has 0 aliphatic rings. The topological polar surface area (TPSA) is 138 Å². The second kappa shape index (κ2) is 11.7. The lowest BCUT2D eigenvalue weighted by Gasteiger charge is -2.20. The lowest BCUT2D eigenvalue weighted by atomic mass is 10.1. The zero-order valence-corrected chi connectivity index (χ0v) is 16.4. The highest BCUT2D eigenvalue weighted by atomic mass is 16.5. The number of esters is 2. The van der Waals surface area contributed by atoms with Crippen LogP contribution in [0.3, 0.4) is 0 Å². The van der Waals surface area contributed by atoms with E-state index in [0.717, 1.165) is 5.56 Å². The molecule has 5 N–H and O–H groups in total. The average molecular weight is 394 g/mol. The molecule has 0 unspecified atom stereocenters.